The zero-order chi connectivity index (χ0) is 18.2. The number of hydrogen-bond acceptors (Lipinski definition) is 5. The molecule has 2 aromatic carbocycles. The number of halogens is 1. The molecule has 2 aromatic rings. The summed E-state index contributed by atoms with van der Waals surface area (Å²) in [6, 6.07) is 16.7. The molecule has 0 saturated heterocycles. The lowest BCUT2D eigenvalue weighted by molar-refractivity contribution is 0.282. The standard InChI is InChI=1S/C21H26N4O.ClH/c22-15-7-1-2-8-16-24(23-17-26)25-20-11-5-3-9-18(20)13-14-19-10-4-6-12-21(19)25;/h3-6,9-12H,1-2,7-8,13-16,22H2;1H. The van der Waals surface area contributed by atoms with E-state index >= 15 is 0 Å². The van der Waals surface area contributed by atoms with Gasteiger partial charge < -0.3 is 5.73 Å². The summed E-state index contributed by atoms with van der Waals surface area (Å²) in [7, 11) is 0. The monoisotopic (exact) mass is 386 g/mol. The molecular weight excluding hydrogens is 360 g/mol. The van der Waals surface area contributed by atoms with Gasteiger partial charge in [0.25, 0.3) is 6.08 Å². The molecule has 3 rings (SSSR count). The van der Waals surface area contributed by atoms with Gasteiger partial charge >= 0.3 is 0 Å². The lowest BCUT2D eigenvalue weighted by Gasteiger charge is -2.34. The molecule has 2 N–H and O–H groups in total. The van der Waals surface area contributed by atoms with E-state index in [0.717, 1.165) is 56.4 Å². The predicted octanol–water partition coefficient (Wildman–Crippen LogP) is 4.33. The first-order valence-electron chi connectivity index (χ1n) is 9.36. The maximum atomic E-state index is 11.1. The summed E-state index contributed by atoms with van der Waals surface area (Å²) < 4.78 is 0. The van der Waals surface area contributed by atoms with Crippen LogP contribution in [0.1, 0.15) is 36.8 Å². The van der Waals surface area contributed by atoms with Crippen LogP contribution in [0, 0.1) is 0 Å². The molecule has 0 aromatic heterocycles. The summed E-state index contributed by atoms with van der Waals surface area (Å²) in [5.41, 5.74) is 10.3. The third-order valence-electron chi connectivity index (χ3n) is 4.80. The molecule has 6 heteroatoms. The highest BCUT2D eigenvalue weighted by atomic mass is 35.5. The minimum absolute atomic E-state index is 0. The molecule has 0 unspecified atom stereocenters. The number of hydrogen-bond donors (Lipinski definition) is 1. The molecule has 0 radical (unpaired) electrons. The van der Waals surface area contributed by atoms with Crippen LogP contribution in [-0.2, 0) is 17.6 Å². The zero-order valence-electron chi connectivity index (χ0n) is 15.5. The van der Waals surface area contributed by atoms with Crippen LogP contribution >= 0.6 is 12.4 Å². The van der Waals surface area contributed by atoms with E-state index in [4.69, 9.17) is 5.73 Å². The molecule has 0 spiro atoms. The van der Waals surface area contributed by atoms with Crippen molar-refractivity contribution in [1.82, 2.24) is 5.12 Å². The summed E-state index contributed by atoms with van der Waals surface area (Å²) >= 11 is 0. The Morgan fingerprint density at radius 3 is 2.04 bits per heavy atom. The van der Waals surface area contributed by atoms with Gasteiger partial charge in [0, 0.05) is 0 Å². The number of nitrogens with zero attached hydrogens (tertiary/aromatic N) is 3. The van der Waals surface area contributed by atoms with Crippen molar-refractivity contribution in [3.05, 3.63) is 59.7 Å². The molecule has 5 nitrogen and oxygen atoms in total. The SMILES string of the molecule is Cl.NCCCCCCN(N=C=O)N1c2ccccc2CCc2ccccc21. The van der Waals surface area contributed by atoms with E-state index in [9.17, 15) is 4.79 Å². The zero-order valence-corrected chi connectivity index (χ0v) is 16.3. The molecule has 0 aliphatic carbocycles. The van der Waals surface area contributed by atoms with Gasteiger partial charge in [0.05, 0.1) is 17.9 Å². The van der Waals surface area contributed by atoms with Crippen molar-refractivity contribution in [2.75, 3.05) is 18.1 Å². The summed E-state index contributed by atoms with van der Waals surface area (Å²) in [6.45, 7) is 1.39. The molecule has 0 saturated carbocycles. The van der Waals surface area contributed by atoms with E-state index in [-0.39, 0.29) is 12.4 Å². The van der Waals surface area contributed by atoms with Gasteiger partial charge in [-0.3, -0.25) is 0 Å². The Morgan fingerprint density at radius 2 is 1.48 bits per heavy atom. The van der Waals surface area contributed by atoms with Crippen LogP contribution < -0.4 is 10.7 Å². The molecule has 0 amide bonds. The van der Waals surface area contributed by atoms with E-state index in [0.29, 0.717) is 6.54 Å². The quantitative estimate of drug-likeness (QED) is 0.317. The van der Waals surface area contributed by atoms with Crippen LogP contribution in [0.25, 0.3) is 0 Å². The molecule has 0 atom stereocenters. The molecule has 1 aliphatic heterocycles. The number of nitrogens with two attached hydrogens (primary N) is 1. The number of hydrazine groups is 1. The fourth-order valence-corrected chi connectivity index (χ4v) is 3.50. The number of rotatable bonds is 8. The van der Waals surface area contributed by atoms with Crippen molar-refractivity contribution in [1.29, 1.82) is 0 Å². The number of isocyanates is 1. The Labute approximate surface area is 167 Å². The number of para-hydroxylation sites is 2. The summed E-state index contributed by atoms with van der Waals surface area (Å²) in [5, 5.41) is 7.87. The van der Waals surface area contributed by atoms with Crippen molar-refractivity contribution < 1.29 is 4.79 Å². The Kier molecular flexibility index (Phi) is 8.34. The van der Waals surface area contributed by atoms with Crippen LogP contribution in [0.3, 0.4) is 0 Å². The average Bonchev–Trinajstić information content (AvgIpc) is 2.84. The number of fused-ring (bicyclic) bond motifs is 2. The van der Waals surface area contributed by atoms with Gasteiger partial charge in [-0.1, -0.05) is 54.3 Å². The van der Waals surface area contributed by atoms with E-state index < -0.39 is 0 Å². The number of unbranched alkanes of at least 4 members (excludes halogenated alkanes) is 3. The fraction of sp³-hybridized carbons (Fsp3) is 0.381. The largest absolute Gasteiger partial charge is 0.330 e. The number of aryl methyl sites for hydroxylation is 2. The predicted molar refractivity (Wildman–Crippen MR) is 112 cm³/mol. The molecule has 144 valence electrons. The Morgan fingerprint density at radius 1 is 0.926 bits per heavy atom. The van der Waals surface area contributed by atoms with E-state index in [1.54, 1.807) is 11.2 Å². The maximum absolute atomic E-state index is 11.1. The Balaban J connectivity index is 0.00000261. The van der Waals surface area contributed by atoms with Crippen molar-refractivity contribution in [2.45, 2.75) is 38.5 Å². The van der Waals surface area contributed by atoms with E-state index in [1.807, 2.05) is 12.1 Å². The lowest BCUT2D eigenvalue weighted by atomic mass is 10.0. The van der Waals surface area contributed by atoms with Crippen LogP contribution in [0.15, 0.2) is 53.6 Å². The lowest BCUT2D eigenvalue weighted by Crippen LogP contribution is -2.36. The normalized spacial score (nSPS) is 12.1. The third kappa shape index (κ3) is 5.10. The Bertz CT molecular complexity index is 729. The van der Waals surface area contributed by atoms with Crippen molar-refractivity contribution >= 4 is 29.9 Å². The van der Waals surface area contributed by atoms with Gasteiger partial charge in [0.15, 0.2) is 0 Å². The first-order chi connectivity index (χ1) is 12.8. The van der Waals surface area contributed by atoms with Gasteiger partial charge in [0.2, 0.25) is 0 Å². The summed E-state index contributed by atoms with van der Waals surface area (Å²) in [6.07, 6.45) is 7.83. The number of anilines is 2. The smallest absolute Gasteiger partial charge is 0.259 e. The van der Waals surface area contributed by atoms with Crippen LogP contribution in [0.2, 0.25) is 0 Å². The van der Waals surface area contributed by atoms with Crippen LogP contribution in [-0.4, -0.2) is 24.3 Å². The second kappa shape index (κ2) is 10.7. The second-order valence-electron chi connectivity index (χ2n) is 6.56. The average molecular weight is 387 g/mol. The second-order valence-corrected chi connectivity index (χ2v) is 6.56. The molecular formula is C21H27ClN4O. The van der Waals surface area contributed by atoms with Gasteiger partial charge in [-0.05, 0) is 55.5 Å². The number of hydrazone groups is 1. The molecule has 1 aliphatic rings. The van der Waals surface area contributed by atoms with Gasteiger partial charge in [0.1, 0.15) is 0 Å². The maximum Gasteiger partial charge on any atom is 0.259 e. The highest BCUT2D eigenvalue weighted by Gasteiger charge is 2.24. The molecule has 0 bridgehead atoms. The van der Waals surface area contributed by atoms with Gasteiger partial charge in [-0.2, -0.15) is 5.12 Å². The van der Waals surface area contributed by atoms with Crippen molar-refractivity contribution in [3.63, 3.8) is 0 Å². The topological polar surface area (TPSA) is 61.9 Å². The highest BCUT2D eigenvalue weighted by molar-refractivity contribution is 5.85. The molecule has 27 heavy (non-hydrogen) atoms. The Hall–Kier alpha value is -2.33. The van der Waals surface area contributed by atoms with Crippen molar-refractivity contribution in [2.24, 2.45) is 10.8 Å². The number of benzene rings is 2. The molecule has 1 heterocycles. The highest BCUT2D eigenvalue weighted by Crippen LogP contribution is 2.37. The first-order valence-corrected chi connectivity index (χ1v) is 9.36. The summed E-state index contributed by atoms with van der Waals surface area (Å²) in [4.78, 5) is 11.1. The molecule has 0 fully saturated rings. The van der Waals surface area contributed by atoms with E-state index in [1.165, 1.54) is 11.1 Å². The van der Waals surface area contributed by atoms with E-state index in [2.05, 4.69) is 46.5 Å². The van der Waals surface area contributed by atoms with Crippen molar-refractivity contribution in [3.8, 4) is 0 Å². The van der Waals surface area contributed by atoms with Crippen LogP contribution in [0.5, 0.6) is 0 Å². The van der Waals surface area contributed by atoms with Gasteiger partial charge in [-0.25, -0.2) is 9.80 Å². The minimum Gasteiger partial charge on any atom is -0.330 e. The summed E-state index contributed by atoms with van der Waals surface area (Å²) in [5.74, 6) is 0. The minimum atomic E-state index is 0. The fourth-order valence-electron chi connectivity index (χ4n) is 3.50. The van der Waals surface area contributed by atoms with Gasteiger partial charge in [-0.15, -0.1) is 12.4 Å². The third-order valence-corrected chi connectivity index (χ3v) is 4.80. The first kappa shape index (κ1) is 21.0. The number of carbonyl (C=O) groups excluding carboxylic acids is 1. The van der Waals surface area contributed by atoms with Crippen LogP contribution in [0.4, 0.5) is 11.4 Å².